The van der Waals surface area contributed by atoms with Crippen LogP contribution in [0.15, 0.2) is 59.1 Å². The van der Waals surface area contributed by atoms with Crippen LogP contribution < -0.4 is 0 Å². The SMILES string of the molecule is Brc1ccccc1-c1ccccc1.C. The van der Waals surface area contributed by atoms with Crippen LogP contribution in [-0.4, -0.2) is 0 Å². The smallest absolute Gasteiger partial charge is 0.0253 e. The van der Waals surface area contributed by atoms with E-state index in [4.69, 9.17) is 0 Å². The van der Waals surface area contributed by atoms with Gasteiger partial charge in [0.25, 0.3) is 0 Å². The van der Waals surface area contributed by atoms with E-state index in [0.717, 1.165) is 4.47 Å². The van der Waals surface area contributed by atoms with Crippen LogP contribution in [0.1, 0.15) is 7.43 Å². The van der Waals surface area contributed by atoms with Crippen molar-refractivity contribution < 1.29 is 0 Å². The van der Waals surface area contributed by atoms with Crippen LogP contribution in [0.2, 0.25) is 0 Å². The third-order valence-electron chi connectivity index (χ3n) is 1.96. The first-order valence-corrected chi connectivity index (χ1v) is 4.97. The van der Waals surface area contributed by atoms with E-state index in [-0.39, 0.29) is 7.43 Å². The van der Waals surface area contributed by atoms with Crippen LogP contribution in [0, 0.1) is 0 Å². The molecule has 0 amide bonds. The van der Waals surface area contributed by atoms with E-state index in [1.807, 2.05) is 18.2 Å². The molecular formula is C13H13Br. The van der Waals surface area contributed by atoms with E-state index in [9.17, 15) is 0 Å². The summed E-state index contributed by atoms with van der Waals surface area (Å²) in [7, 11) is 0. The van der Waals surface area contributed by atoms with Gasteiger partial charge in [-0.2, -0.15) is 0 Å². The molecule has 0 heterocycles. The van der Waals surface area contributed by atoms with Gasteiger partial charge in [0.05, 0.1) is 0 Å². The van der Waals surface area contributed by atoms with Crippen molar-refractivity contribution in [1.82, 2.24) is 0 Å². The van der Waals surface area contributed by atoms with Crippen LogP contribution in [0.25, 0.3) is 11.1 Å². The minimum atomic E-state index is 0. The molecule has 1 heteroatoms. The average molecular weight is 249 g/mol. The molecule has 0 unspecified atom stereocenters. The van der Waals surface area contributed by atoms with Crippen molar-refractivity contribution in [2.45, 2.75) is 7.43 Å². The van der Waals surface area contributed by atoms with E-state index >= 15 is 0 Å². The zero-order chi connectivity index (χ0) is 9.10. The summed E-state index contributed by atoms with van der Waals surface area (Å²) in [4.78, 5) is 0. The van der Waals surface area contributed by atoms with E-state index in [1.54, 1.807) is 0 Å². The first-order valence-electron chi connectivity index (χ1n) is 4.18. The Labute approximate surface area is 93.7 Å². The summed E-state index contributed by atoms with van der Waals surface area (Å²) in [6.45, 7) is 0. The minimum absolute atomic E-state index is 0. The van der Waals surface area contributed by atoms with Gasteiger partial charge in [0.1, 0.15) is 0 Å². The van der Waals surface area contributed by atoms with E-state index < -0.39 is 0 Å². The molecule has 0 aliphatic rings. The molecule has 0 bridgehead atoms. The van der Waals surface area contributed by atoms with Gasteiger partial charge in [-0.05, 0) is 17.2 Å². The van der Waals surface area contributed by atoms with E-state index in [0.29, 0.717) is 0 Å². The number of halogens is 1. The van der Waals surface area contributed by atoms with Crippen LogP contribution in [0.3, 0.4) is 0 Å². The lowest BCUT2D eigenvalue weighted by Crippen LogP contribution is -1.77. The first kappa shape index (κ1) is 11.0. The lowest BCUT2D eigenvalue weighted by molar-refractivity contribution is 1.58. The maximum Gasteiger partial charge on any atom is 0.0253 e. The van der Waals surface area contributed by atoms with Crippen molar-refractivity contribution in [3.63, 3.8) is 0 Å². The highest BCUT2D eigenvalue weighted by molar-refractivity contribution is 9.10. The second kappa shape index (κ2) is 4.97. The molecule has 0 atom stereocenters. The average Bonchev–Trinajstić information content (AvgIpc) is 2.20. The lowest BCUT2D eigenvalue weighted by Gasteiger charge is -2.02. The molecule has 0 N–H and O–H groups in total. The number of hydrogen-bond donors (Lipinski definition) is 0. The zero-order valence-corrected chi connectivity index (χ0v) is 8.66. The molecule has 0 aliphatic heterocycles. The van der Waals surface area contributed by atoms with E-state index in [2.05, 4.69) is 52.3 Å². The second-order valence-corrected chi connectivity index (χ2v) is 3.70. The maximum absolute atomic E-state index is 3.53. The van der Waals surface area contributed by atoms with Gasteiger partial charge in [0.15, 0.2) is 0 Å². The van der Waals surface area contributed by atoms with Crippen molar-refractivity contribution in [3.05, 3.63) is 59.1 Å². The van der Waals surface area contributed by atoms with Gasteiger partial charge in [-0.25, -0.2) is 0 Å². The summed E-state index contributed by atoms with van der Waals surface area (Å²) < 4.78 is 1.14. The lowest BCUT2D eigenvalue weighted by atomic mass is 10.1. The Morgan fingerprint density at radius 1 is 0.714 bits per heavy atom. The summed E-state index contributed by atoms with van der Waals surface area (Å²) in [5.41, 5.74) is 2.48. The maximum atomic E-state index is 3.53. The first-order chi connectivity index (χ1) is 6.38. The molecule has 0 fully saturated rings. The summed E-state index contributed by atoms with van der Waals surface area (Å²) in [6, 6.07) is 18.6. The van der Waals surface area contributed by atoms with Crippen molar-refractivity contribution in [3.8, 4) is 11.1 Å². The van der Waals surface area contributed by atoms with Crippen molar-refractivity contribution >= 4 is 15.9 Å². The Bertz CT molecular complexity index is 393. The molecule has 2 aromatic rings. The molecule has 0 saturated heterocycles. The topological polar surface area (TPSA) is 0 Å². The summed E-state index contributed by atoms with van der Waals surface area (Å²) in [5.74, 6) is 0. The minimum Gasteiger partial charge on any atom is -0.0776 e. The van der Waals surface area contributed by atoms with Crippen molar-refractivity contribution in [1.29, 1.82) is 0 Å². The van der Waals surface area contributed by atoms with Gasteiger partial charge in [-0.3, -0.25) is 0 Å². The van der Waals surface area contributed by atoms with Crippen LogP contribution in [-0.2, 0) is 0 Å². The largest absolute Gasteiger partial charge is 0.0776 e. The van der Waals surface area contributed by atoms with Gasteiger partial charge in [-0.1, -0.05) is 71.9 Å². The molecule has 2 rings (SSSR count). The molecule has 0 saturated carbocycles. The van der Waals surface area contributed by atoms with Crippen molar-refractivity contribution in [2.24, 2.45) is 0 Å². The Hall–Kier alpha value is -1.08. The third kappa shape index (κ3) is 2.24. The molecule has 0 nitrogen and oxygen atoms in total. The highest BCUT2D eigenvalue weighted by atomic mass is 79.9. The molecular weight excluding hydrogens is 236 g/mol. The van der Waals surface area contributed by atoms with Crippen LogP contribution in [0.4, 0.5) is 0 Å². The van der Waals surface area contributed by atoms with Crippen LogP contribution in [0.5, 0.6) is 0 Å². The predicted molar refractivity (Wildman–Crippen MR) is 66.3 cm³/mol. The van der Waals surface area contributed by atoms with Gasteiger partial charge < -0.3 is 0 Å². The molecule has 0 aromatic heterocycles. The standard InChI is InChI=1S/C12H9Br.CH4/c13-12-9-5-4-8-11(12)10-6-2-1-3-7-10;/h1-9H;1H4. The summed E-state index contributed by atoms with van der Waals surface area (Å²) >= 11 is 3.53. The van der Waals surface area contributed by atoms with Gasteiger partial charge in [0, 0.05) is 4.47 Å². The van der Waals surface area contributed by atoms with E-state index in [1.165, 1.54) is 11.1 Å². The Morgan fingerprint density at radius 3 is 1.93 bits per heavy atom. The zero-order valence-electron chi connectivity index (χ0n) is 7.07. The molecule has 2 aromatic carbocycles. The van der Waals surface area contributed by atoms with Crippen molar-refractivity contribution in [2.75, 3.05) is 0 Å². The number of benzene rings is 2. The molecule has 72 valence electrons. The fourth-order valence-electron chi connectivity index (χ4n) is 1.31. The summed E-state index contributed by atoms with van der Waals surface area (Å²) in [6.07, 6.45) is 0. The van der Waals surface area contributed by atoms with Gasteiger partial charge in [0.2, 0.25) is 0 Å². The van der Waals surface area contributed by atoms with Gasteiger partial charge in [-0.15, -0.1) is 0 Å². The quantitative estimate of drug-likeness (QED) is 0.684. The Balaban J connectivity index is 0.000000980. The molecule has 14 heavy (non-hydrogen) atoms. The van der Waals surface area contributed by atoms with Gasteiger partial charge >= 0.3 is 0 Å². The fourth-order valence-corrected chi connectivity index (χ4v) is 1.83. The normalized spacial score (nSPS) is 9.21. The molecule has 0 aliphatic carbocycles. The third-order valence-corrected chi connectivity index (χ3v) is 2.65. The predicted octanol–water partition coefficient (Wildman–Crippen LogP) is 4.75. The summed E-state index contributed by atoms with van der Waals surface area (Å²) in [5, 5.41) is 0. The highest BCUT2D eigenvalue weighted by Crippen LogP contribution is 2.27. The number of rotatable bonds is 1. The second-order valence-electron chi connectivity index (χ2n) is 2.85. The highest BCUT2D eigenvalue weighted by Gasteiger charge is 1.99. The Kier molecular flexibility index (Phi) is 3.90. The number of hydrogen-bond acceptors (Lipinski definition) is 0. The Morgan fingerprint density at radius 2 is 1.29 bits per heavy atom. The molecule has 0 spiro atoms. The monoisotopic (exact) mass is 248 g/mol. The fraction of sp³-hybridized carbons (Fsp3) is 0.0769. The van der Waals surface area contributed by atoms with Crippen LogP contribution >= 0.6 is 15.9 Å². The molecule has 0 radical (unpaired) electrons.